The van der Waals surface area contributed by atoms with Gasteiger partial charge < -0.3 is 5.73 Å². The Morgan fingerprint density at radius 3 is 2.33 bits per heavy atom. The first-order valence-electron chi connectivity index (χ1n) is 4.47. The molecule has 1 aromatic rings. The van der Waals surface area contributed by atoms with Gasteiger partial charge in [-0.3, -0.25) is 9.78 Å². The van der Waals surface area contributed by atoms with Gasteiger partial charge in [0.15, 0.2) is 0 Å². The summed E-state index contributed by atoms with van der Waals surface area (Å²) in [7, 11) is 0. The summed E-state index contributed by atoms with van der Waals surface area (Å²) < 4.78 is 63.1. The fourth-order valence-electron chi connectivity index (χ4n) is 1.42. The molecule has 1 heterocycles. The molecule has 1 rings (SSSR count). The van der Waals surface area contributed by atoms with Crippen molar-refractivity contribution < 1.29 is 26.7 Å². The van der Waals surface area contributed by atoms with Crippen LogP contribution in [0.25, 0.3) is 0 Å². The fraction of sp³-hybridized carbons (Fsp3) is 0.333. The Bertz CT molecular complexity index is 475. The number of carbonyl (C=O) groups excluding carboxylic acids is 1. The third kappa shape index (κ3) is 2.75. The summed E-state index contributed by atoms with van der Waals surface area (Å²) in [6.07, 6.45) is -7.88. The van der Waals surface area contributed by atoms with Crippen LogP contribution in [-0.2, 0) is 12.7 Å². The largest absolute Gasteiger partial charge is 0.433 e. The second-order valence-corrected chi connectivity index (χ2v) is 3.53. The van der Waals surface area contributed by atoms with Gasteiger partial charge >= 0.3 is 6.18 Å². The number of aromatic nitrogens is 1. The van der Waals surface area contributed by atoms with E-state index in [1.165, 1.54) is 0 Å². The molecule has 0 aliphatic carbocycles. The molecule has 0 atom stereocenters. The zero-order chi connectivity index (χ0) is 14.1. The summed E-state index contributed by atoms with van der Waals surface area (Å²) in [5, 5.41) is -1.32. The maximum atomic E-state index is 12.7. The number of nitrogens with zero attached hydrogens (tertiary/aromatic N) is 1. The Morgan fingerprint density at radius 2 is 2.00 bits per heavy atom. The highest BCUT2D eigenvalue weighted by molar-refractivity contribution is 6.67. The van der Waals surface area contributed by atoms with Crippen LogP contribution < -0.4 is 5.73 Å². The van der Waals surface area contributed by atoms with Gasteiger partial charge in [0.2, 0.25) is 0 Å². The minimum atomic E-state index is -4.94. The molecule has 0 bridgehead atoms. The van der Waals surface area contributed by atoms with E-state index in [4.69, 9.17) is 17.3 Å². The van der Waals surface area contributed by atoms with E-state index >= 15 is 0 Å². The molecule has 100 valence electrons. The minimum absolute atomic E-state index is 0.374. The van der Waals surface area contributed by atoms with E-state index in [9.17, 15) is 26.7 Å². The van der Waals surface area contributed by atoms with E-state index in [-0.39, 0.29) is 0 Å². The van der Waals surface area contributed by atoms with Gasteiger partial charge in [-0.1, -0.05) is 0 Å². The Labute approximate surface area is 103 Å². The van der Waals surface area contributed by atoms with Crippen LogP contribution in [0.15, 0.2) is 6.20 Å². The summed E-state index contributed by atoms with van der Waals surface area (Å²) >= 11 is 5.01. The standard InChI is InChI=1S/C9H6ClF5N2O/c10-7(18)4-2-17-6(9(13,14)15)3(1-16)5(4)8(11)12/h2,8H,1,16H2. The molecule has 3 nitrogen and oxygen atoms in total. The molecule has 0 saturated heterocycles. The average Bonchev–Trinajstić information content (AvgIpc) is 2.25. The number of alkyl halides is 5. The maximum absolute atomic E-state index is 12.7. The van der Waals surface area contributed by atoms with Crippen molar-refractivity contribution in [2.24, 2.45) is 5.73 Å². The maximum Gasteiger partial charge on any atom is 0.433 e. The normalized spacial score (nSPS) is 12.0. The first-order valence-corrected chi connectivity index (χ1v) is 4.85. The summed E-state index contributed by atoms with van der Waals surface area (Å²) in [6, 6.07) is 0. The molecule has 0 saturated carbocycles. The van der Waals surface area contributed by atoms with Gasteiger partial charge in [-0.25, -0.2) is 8.78 Å². The van der Waals surface area contributed by atoms with Crippen LogP contribution in [0.5, 0.6) is 0 Å². The van der Waals surface area contributed by atoms with E-state index in [0.29, 0.717) is 6.20 Å². The number of pyridine rings is 1. The Balaban J connectivity index is 3.64. The molecule has 0 aliphatic heterocycles. The molecule has 0 unspecified atom stereocenters. The molecule has 0 radical (unpaired) electrons. The molecule has 18 heavy (non-hydrogen) atoms. The predicted octanol–water partition coefficient (Wildman–Crippen LogP) is 2.88. The highest BCUT2D eigenvalue weighted by Crippen LogP contribution is 2.36. The summed E-state index contributed by atoms with van der Waals surface area (Å²) in [4.78, 5) is 13.8. The highest BCUT2D eigenvalue weighted by Gasteiger charge is 2.38. The van der Waals surface area contributed by atoms with Crippen molar-refractivity contribution in [1.82, 2.24) is 4.98 Å². The van der Waals surface area contributed by atoms with Crippen molar-refractivity contribution in [3.05, 3.63) is 28.6 Å². The monoisotopic (exact) mass is 288 g/mol. The van der Waals surface area contributed by atoms with Crippen molar-refractivity contribution in [2.45, 2.75) is 19.1 Å². The summed E-state index contributed by atoms with van der Waals surface area (Å²) in [5.41, 5.74) is 0.658. The second-order valence-electron chi connectivity index (χ2n) is 3.19. The van der Waals surface area contributed by atoms with Gasteiger partial charge in [0.1, 0.15) is 5.69 Å². The lowest BCUT2D eigenvalue weighted by Gasteiger charge is -2.16. The van der Waals surface area contributed by atoms with E-state index in [2.05, 4.69) is 4.98 Å². The zero-order valence-electron chi connectivity index (χ0n) is 8.56. The van der Waals surface area contributed by atoms with Crippen LogP contribution in [0.3, 0.4) is 0 Å². The molecule has 0 aromatic carbocycles. The minimum Gasteiger partial charge on any atom is -0.326 e. The zero-order valence-corrected chi connectivity index (χ0v) is 9.32. The lowest BCUT2D eigenvalue weighted by Crippen LogP contribution is -2.19. The Morgan fingerprint density at radius 1 is 1.44 bits per heavy atom. The van der Waals surface area contributed by atoms with E-state index < -0.39 is 46.8 Å². The predicted molar refractivity (Wildman–Crippen MR) is 52.3 cm³/mol. The first-order chi connectivity index (χ1) is 8.20. The second kappa shape index (κ2) is 5.15. The smallest absolute Gasteiger partial charge is 0.326 e. The van der Waals surface area contributed by atoms with Gasteiger partial charge in [0.05, 0.1) is 5.56 Å². The van der Waals surface area contributed by atoms with Gasteiger partial charge in [-0.2, -0.15) is 13.2 Å². The molecular formula is C9H6ClF5N2O. The molecule has 1 aromatic heterocycles. The average molecular weight is 289 g/mol. The number of rotatable bonds is 3. The number of nitrogens with two attached hydrogens (primary N) is 1. The molecular weight excluding hydrogens is 283 g/mol. The fourth-order valence-corrected chi connectivity index (χ4v) is 1.57. The summed E-state index contributed by atoms with van der Waals surface area (Å²) in [6.45, 7) is -0.834. The van der Waals surface area contributed by atoms with Crippen LogP contribution >= 0.6 is 11.6 Å². The molecule has 0 spiro atoms. The van der Waals surface area contributed by atoms with Gasteiger partial charge in [-0.15, -0.1) is 0 Å². The van der Waals surface area contributed by atoms with E-state index in [1.54, 1.807) is 0 Å². The van der Waals surface area contributed by atoms with Crippen LogP contribution in [-0.4, -0.2) is 10.2 Å². The van der Waals surface area contributed by atoms with Crippen LogP contribution in [0, 0.1) is 0 Å². The summed E-state index contributed by atoms with van der Waals surface area (Å²) in [5.74, 6) is 0. The Kier molecular flexibility index (Phi) is 4.23. The highest BCUT2D eigenvalue weighted by atomic mass is 35.5. The van der Waals surface area contributed by atoms with Crippen molar-refractivity contribution >= 4 is 16.8 Å². The molecule has 0 amide bonds. The molecule has 0 aliphatic rings. The third-order valence-electron chi connectivity index (χ3n) is 2.13. The lowest BCUT2D eigenvalue weighted by molar-refractivity contribution is -0.142. The third-order valence-corrected chi connectivity index (χ3v) is 2.33. The quantitative estimate of drug-likeness (QED) is 0.687. The van der Waals surface area contributed by atoms with E-state index in [0.717, 1.165) is 0 Å². The molecule has 0 fully saturated rings. The van der Waals surface area contributed by atoms with E-state index in [1.807, 2.05) is 0 Å². The number of hydrogen-bond donors (Lipinski definition) is 1. The SMILES string of the molecule is NCc1c(C(F)(F)F)ncc(C(=O)Cl)c1C(F)F. The Hall–Kier alpha value is -1.28. The number of hydrogen-bond acceptors (Lipinski definition) is 3. The van der Waals surface area contributed by atoms with Crippen LogP contribution in [0.1, 0.15) is 33.6 Å². The van der Waals surface area contributed by atoms with Crippen LogP contribution in [0.4, 0.5) is 22.0 Å². The first kappa shape index (κ1) is 14.8. The van der Waals surface area contributed by atoms with Crippen molar-refractivity contribution in [1.29, 1.82) is 0 Å². The van der Waals surface area contributed by atoms with Crippen molar-refractivity contribution in [3.8, 4) is 0 Å². The molecule has 9 heteroatoms. The molecule has 2 N–H and O–H groups in total. The van der Waals surface area contributed by atoms with Gasteiger partial charge in [0, 0.05) is 23.9 Å². The number of halogens is 6. The van der Waals surface area contributed by atoms with Crippen LogP contribution in [0.2, 0.25) is 0 Å². The lowest BCUT2D eigenvalue weighted by atomic mass is 10.0. The number of carbonyl (C=O) groups is 1. The van der Waals surface area contributed by atoms with Crippen molar-refractivity contribution in [3.63, 3.8) is 0 Å². The topological polar surface area (TPSA) is 56.0 Å². The van der Waals surface area contributed by atoms with Gasteiger partial charge in [-0.05, 0) is 11.6 Å². The van der Waals surface area contributed by atoms with Crippen molar-refractivity contribution in [2.75, 3.05) is 0 Å². The van der Waals surface area contributed by atoms with Gasteiger partial charge in [0.25, 0.3) is 11.7 Å².